The van der Waals surface area contributed by atoms with Crippen LogP contribution in [0.5, 0.6) is 11.5 Å². The Morgan fingerprint density at radius 1 is 0.975 bits per heavy atom. The van der Waals surface area contributed by atoms with E-state index in [1.807, 2.05) is 18.2 Å². The highest BCUT2D eigenvalue weighted by atomic mass is 19.1. The van der Waals surface area contributed by atoms with Gasteiger partial charge in [0.25, 0.3) is 0 Å². The molecular formula is C34H39FO5. The monoisotopic (exact) mass is 546 g/mol. The van der Waals surface area contributed by atoms with E-state index < -0.39 is 0 Å². The first-order chi connectivity index (χ1) is 19.1. The van der Waals surface area contributed by atoms with Crippen molar-refractivity contribution in [1.29, 1.82) is 0 Å². The Hall–Kier alpha value is -3.38. The summed E-state index contributed by atoms with van der Waals surface area (Å²) in [6.07, 6.45) is 3.54. The van der Waals surface area contributed by atoms with Crippen molar-refractivity contribution in [3.05, 3.63) is 82.7 Å². The van der Waals surface area contributed by atoms with Crippen molar-refractivity contribution in [3.8, 4) is 22.6 Å². The Labute approximate surface area is 236 Å². The molecule has 0 saturated heterocycles. The molecule has 0 bridgehead atoms. The van der Waals surface area contributed by atoms with Crippen molar-refractivity contribution >= 4 is 5.97 Å². The molecule has 0 unspecified atom stereocenters. The van der Waals surface area contributed by atoms with Gasteiger partial charge < -0.3 is 18.9 Å². The second kappa shape index (κ2) is 10.9. The maximum absolute atomic E-state index is 15.1. The predicted molar refractivity (Wildman–Crippen MR) is 153 cm³/mol. The summed E-state index contributed by atoms with van der Waals surface area (Å²) in [6.45, 7) is 6.68. The van der Waals surface area contributed by atoms with Crippen LogP contribution in [-0.2, 0) is 32.7 Å². The van der Waals surface area contributed by atoms with E-state index in [-0.39, 0.29) is 34.6 Å². The van der Waals surface area contributed by atoms with Crippen LogP contribution >= 0.6 is 0 Å². The molecule has 2 aliphatic rings. The van der Waals surface area contributed by atoms with Crippen molar-refractivity contribution in [2.24, 2.45) is 11.3 Å². The summed E-state index contributed by atoms with van der Waals surface area (Å²) in [6, 6.07) is 17.0. The molecule has 5 nitrogen and oxygen atoms in total. The molecule has 6 heteroatoms. The normalized spacial score (nSPS) is 20.5. The molecule has 0 aromatic heterocycles. The second-order valence-electron chi connectivity index (χ2n) is 12.1. The molecule has 1 fully saturated rings. The van der Waals surface area contributed by atoms with Crippen LogP contribution in [0.15, 0.2) is 54.6 Å². The van der Waals surface area contributed by atoms with Gasteiger partial charge in [0.15, 0.2) is 0 Å². The highest BCUT2D eigenvalue weighted by Gasteiger charge is 2.55. The molecule has 3 aromatic carbocycles. The van der Waals surface area contributed by atoms with Gasteiger partial charge in [-0.2, -0.15) is 0 Å². The number of rotatable bonds is 8. The topological polar surface area (TPSA) is 54.0 Å². The summed E-state index contributed by atoms with van der Waals surface area (Å²) < 4.78 is 37.8. The number of halogens is 1. The number of hydrogen-bond donors (Lipinski definition) is 0. The van der Waals surface area contributed by atoms with E-state index in [2.05, 4.69) is 39.0 Å². The zero-order chi connectivity index (χ0) is 28.7. The molecule has 0 aliphatic heterocycles. The molecule has 0 heterocycles. The van der Waals surface area contributed by atoms with Crippen molar-refractivity contribution in [3.63, 3.8) is 0 Å². The molecule has 3 atom stereocenters. The molecular weight excluding hydrogens is 507 g/mol. The molecule has 2 aliphatic carbocycles. The van der Waals surface area contributed by atoms with Gasteiger partial charge in [-0.25, -0.2) is 4.39 Å². The van der Waals surface area contributed by atoms with Gasteiger partial charge >= 0.3 is 5.97 Å². The maximum atomic E-state index is 15.1. The average Bonchev–Trinajstić information content (AvgIpc) is 3.32. The molecule has 1 saturated carbocycles. The van der Waals surface area contributed by atoms with Crippen LogP contribution in [0.1, 0.15) is 68.4 Å². The molecule has 0 amide bonds. The predicted octanol–water partition coefficient (Wildman–Crippen LogP) is 7.58. The fourth-order valence-electron chi connectivity index (χ4n) is 6.68. The number of hydrogen-bond acceptors (Lipinski definition) is 5. The second-order valence-corrected chi connectivity index (χ2v) is 12.1. The average molecular weight is 547 g/mol. The fraction of sp³-hybridized carbons (Fsp3) is 0.441. The van der Waals surface area contributed by atoms with Crippen LogP contribution in [0.4, 0.5) is 4.39 Å². The number of ether oxygens (including phenoxy) is 4. The van der Waals surface area contributed by atoms with Gasteiger partial charge in [-0.05, 0) is 95.3 Å². The summed E-state index contributed by atoms with van der Waals surface area (Å²) >= 11 is 0. The molecule has 40 heavy (non-hydrogen) atoms. The van der Waals surface area contributed by atoms with E-state index in [4.69, 9.17) is 18.9 Å². The summed E-state index contributed by atoms with van der Waals surface area (Å²) in [4.78, 5) is 12.4. The SMILES string of the molecule is COC(=O)[C@@H]1CC[C@@]12CCc1ccc(OCc3ccc(-c4cc(OC)ccc4F)c([C@H](OC)C(C)(C)C)c3)cc12. The fourth-order valence-corrected chi connectivity index (χ4v) is 6.68. The van der Waals surface area contributed by atoms with Crippen LogP contribution in [0.25, 0.3) is 11.1 Å². The zero-order valence-electron chi connectivity index (χ0n) is 24.3. The highest BCUT2D eigenvalue weighted by Crippen LogP contribution is 2.57. The summed E-state index contributed by atoms with van der Waals surface area (Å²) in [5.41, 5.74) is 5.25. The van der Waals surface area contributed by atoms with Gasteiger partial charge in [-0.15, -0.1) is 0 Å². The lowest BCUT2D eigenvalue weighted by atomic mass is 9.57. The van der Waals surface area contributed by atoms with E-state index in [1.54, 1.807) is 26.4 Å². The van der Waals surface area contributed by atoms with Crippen molar-refractivity contribution in [1.82, 2.24) is 0 Å². The third-order valence-electron chi connectivity index (χ3n) is 8.78. The lowest BCUT2D eigenvalue weighted by molar-refractivity contribution is -0.153. The number of esters is 1. The number of fused-ring (bicyclic) bond motifs is 2. The van der Waals surface area contributed by atoms with E-state index in [0.717, 1.165) is 48.1 Å². The summed E-state index contributed by atoms with van der Waals surface area (Å²) in [5.74, 6) is 0.860. The molecule has 5 rings (SSSR count). The number of benzene rings is 3. The molecule has 212 valence electrons. The maximum Gasteiger partial charge on any atom is 0.309 e. The number of carbonyl (C=O) groups excluding carboxylic acids is 1. The highest BCUT2D eigenvalue weighted by molar-refractivity contribution is 5.77. The van der Waals surface area contributed by atoms with Crippen LogP contribution < -0.4 is 9.47 Å². The Balaban J connectivity index is 1.45. The molecule has 3 aromatic rings. The van der Waals surface area contributed by atoms with Gasteiger partial charge in [0.05, 0.1) is 26.2 Å². The van der Waals surface area contributed by atoms with E-state index in [0.29, 0.717) is 17.9 Å². The molecule has 0 radical (unpaired) electrons. The Bertz CT molecular complexity index is 1410. The third-order valence-corrected chi connectivity index (χ3v) is 8.78. The minimum absolute atomic E-state index is 0.0792. The first-order valence-corrected chi connectivity index (χ1v) is 13.9. The largest absolute Gasteiger partial charge is 0.497 e. The van der Waals surface area contributed by atoms with Gasteiger partial charge in [0.2, 0.25) is 0 Å². The lowest BCUT2D eigenvalue weighted by Gasteiger charge is -2.46. The van der Waals surface area contributed by atoms with Gasteiger partial charge in [0.1, 0.15) is 23.9 Å². The summed E-state index contributed by atoms with van der Waals surface area (Å²) in [7, 11) is 4.74. The smallest absolute Gasteiger partial charge is 0.309 e. The number of methoxy groups -OCH3 is 3. The van der Waals surface area contributed by atoms with Gasteiger partial charge in [-0.1, -0.05) is 39.0 Å². The zero-order valence-corrected chi connectivity index (χ0v) is 24.3. The van der Waals surface area contributed by atoms with Crippen molar-refractivity contribution in [2.75, 3.05) is 21.3 Å². The first kappa shape index (κ1) is 28.2. The van der Waals surface area contributed by atoms with Crippen LogP contribution in [0.3, 0.4) is 0 Å². The van der Waals surface area contributed by atoms with Gasteiger partial charge in [0, 0.05) is 18.1 Å². The van der Waals surface area contributed by atoms with E-state index in [1.165, 1.54) is 24.3 Å². The van der Waals surface area contributed by atoms with Crippen LogP contribution in [0.2, 0.25) is 0 Å². The molecule has 1 spiro atoms. The quantitative estimate of drug-likeness (QED) is 0.273. The van der Waals surface area contributed by atoms with Crippen molar-refractivity contribution < 1.29 is 28.1 Å². The Morgan fingerprint density at radius 2 is 1.75 bits per heavy atom. The van der Waals surface area contributed by atoms with Gasteiger partial charge in [-0.3, -0.25) is 4.79 Å². The third kappa shape index (κ3) is 4.98. The standard InChI is InChI=1S/C34H39FO5/c1-33(2,3)31(38-5)27-17-21(7-11-25(27)26-18-23(37-4)10-12-30(26)35)20-40-24-9-8-22-13-15-34(29(22)19-24)16-14-28(34)32(36)39-6/h7-12,17-19,28,31H,13-16,20H2,1-6H3/t28-,31-,34-/m0/s1. The van der Waals surface area contributed by atoms with Crippen LogP contribution in [-0.4, -0.2) is 27.3 Å². The first-order valence-electron chi connectivity index (χ1n) is 13.9. The number of carbonyl (C=O) groups is 1. The minimum Gasteiger partial charge on any atom is -0.497 e. The minimum atomic E-state index is -0.317. The number of aryl methyl sites for hydroxylation is 1. The van der Waals surface area contributed by atoms with E-state index >= 15 is 4.39 Å². The van der Waals surface area contributed by atoms with Crippen LogP contribution in [0, 0.1) is 17.2 Å². The Kier molecular flexibility index (Phi) is 7.66. The lowest BCUT2D eigenvalue weighted by Crippen LogP contribution is -2.47. The Morgan fingerprint density at radius 3 is 2.40 bits per heavy atom. The van der Waals surface area contributed by atoms with Crippen molar-refractivity contribution in [2.45, 2.75) is 64.6 Å². The molecule has 0 N–H and O–H groups in total. The summed E-state index contributed by atoms with van der Waals surface area (Å²) in [5, 5.41) is 0. The van der Waals surface area contributed by atoms with E-state index in [9.17, 15) is 4.79 Å².